The molecule has 0 saturated heterocycles. The molecule has 1 aliphatic heterocycles. The minimum Gasteiger partial charge on any atom is -0.497 e. The zero-order valence-electron chi connectivity index (χ0n) is 9.75. The van der Waals surface area contributed by atoms with Crippen molar-refractivity contribution in [2.24, 2.45) is 0 Å². The molecular weight excluding hydrogens is 202 g/mol. The van der Waals surface area contributed by atoms with Crippen molar-refractivity contribution in [3.05, 3.63) is 29.3 Å². The Bertz CT molecular complexity index is 401. The van der Waals surface area contributed by atoms with E-state index in [-0.39, 0.29) is 5.91 Å². The average molecular weight is 219 g/mol. The van der Waals surface area contributed by atoms with Crippen molar-refractivity contribution in [2.75, 3.05) is 13.7 Å². The first-order valence-electron chi connectivity index (χ1n) is 5.72. The summed E-state index contributed by atoms with van der Waals surface area (Å²) in [6, 6.07) is 5.78. The third-order valence-electron chi connectivity index (χ3n) is 3.09. The first-order valence-corrected chi connectivity index (χ1v) is 5.72. The lowest BCUT2D eigenvalue weighted by Gasteiger charge is -2.25. The Balaban J connectivity index is 2.39. The van der Waals surface area contributed by atoms with Crippen molar-refractivity contribution in [1.29, 1.82) is 0 Å². The molecule has 0 radical (unpaired) electrons. The SMILES string of the molecule is CCCC1CNC(=O)c2cc(OC)ccc21. The fourth-order valence-corrected chi connectivity index (χ4v) is 2.24. The van der Waals surface area contributed by atoms with Crippen LogP contribution in [-0.2, 0) is 0 Å². The van der Waals surface area contributed by atoms with E-state index in [0.29, 0.717) is 5.92 Å². The molecular formula is C13H17NO2. The second-order valence-corrected chi connectivity index (χ2v) is 4.15. The Morgan fingerprint density at radius 1 is 1.50 bits per heavy atom. The Morgan fingerprint density at radius 3 is 3.00 bits per heavy atom. The number of ether oxygens (including phenoxy) is 1. The van der Waals surface area contributed by atoms with Crippen molar-refractivity contribution < 1.29 is 9.53 Å². The largest absolute Gasteiger partial charge is 0.497 e. The molecule has 1 atom stereocenters. The van der Waals surface area contributed by atoms with Crippen LogP contribution in [0.3, 0.4) is 0 Å². The molecule has 0 spiro atoms. The topological polar surface area (TPSA) is 38.3 Å². The van der Waals surface area contributed by atoms with E-state index in [1.54, 1.807) is 7.11 Å². The van der Waals surface area contributed by atoms with Crippen LogP contribution < -0.4 is 10.1 Å². The molecule has 1 aliphatic rings. The maximum absolute atomic E-state index is 11.7. The normalized spacial score (nSPS) is 18.9. The van der Waals surface area contributed by atoms with E-state index in [1.165, 1.54) is 0 Å². The Morgan fingerprint density at radius 2 is 2.31 bits per heavy atom. The molecule has 0 fully saturated rings. The highest BCUT2D eigenvalue weighted by molar-refractivity contribution is 5.97. The van der Waals surface area contributed by atoms with Gasteiger partial charge in [-0.15, -0.1) is 0 Å². The van der Waals surface area contributed by atoms with Gasteiger partial charge in [0.2, 0.25) is 0 Å². The van der Waals surface area contributed by atoms with Crippen LogP contribution in [0.5, 0.6) is 5.75 Å². The molecule has 1 N–H and O–H groups in total. The fraction of sp³-hybridized carbons (Fsp3) is 0.462. The Hall–Kier alpha value is -1.51. The van der Waals surface area contributed by atoms with E-state index in [0.717, 1.165) is 36.3 Å². The Labute approximate surface area is 95.8 Å². The van der Waals surface area contributed by atoms with E-state index in [2.05, 4.69) is 12.2 Å². The minimum absolute atomic E-state index is 0.0150. The van der Waals surface area contributed by atoms with E-state index in [9.17, 15) is 4.79 Å². The summed E-state index contributed by atoms with van der Waals surface area (Å²) < 4.78 is 5.14. The highest BCUT2D eigenvalue weighted by atomic mass is 16.5. The summed E-state index contributed by atoms with van der Waals surface area (Å²) >= 11 is 0. The Kier molecular flexibility index (Phi) is 3.13. The number of rotatable bonds is 3. The molecule has 2 rings (SSSR count). The maximum atomic E-state index is 11.7. The minimum atomic E-state index is 0.0150. The van der Waals surface area contributed by atoms with Gasteiger partial charge in [-0.25, -0.2) is 0 Å². The second kappa shape index (κ2) is 4.56. The average Bonchev–Trinajstić information content (AvgIpc) is 2.33. The van der Waals surface area contributed by atoms with Crippen LogP contribution >= 0.6 is 0 Å². The van der Waals surface area contributed by atoms with E-state index in [1.807, 2.05) is 18.2 Å². The number of fused-ring (bicyclic) bond motifs is 1. The highest BCUT2D eigenvalue weighted by Crippen LogP contribution is 2.30. The molecule has 3 nitrogen and oxygen atoms in total. The summed E-state index contributed by atoms with van der Waals surface area (Å²) in [4.78, 5) is 11.7. The van der Waals surface area contributed by atoms with Gasteiger partial charge in [0, 0.05) is 18.0 Å². The molecule has 0 saturated carbocycles. The van der Waals surface area contributed by atoms with Gasteiger partial charge in [0.15, 0.2) is 0 Å². The molecule has 1 aromatic rings. The third kappa shape index (κ3) is 1.90. The first kappa shape index (κ1) is 11.0. The van der Waals surface area contributed by atoms with Crippen molar-refractivity contribution >= 4 is 5.91 Å². The summed E-state index contributed by atoms with van der Waals surface area (Å²) in [5.41, 5.74) is 1.93. The number of carbonyl (C=O) groups excluding carboxylic acids is 1. The number of nitrogens with one attached hydrogen (secondary N) is 1. The number of methoxy groups -OCH3 is 1. The molecule has 0 aliphatic carbocycles. The summed E-state index contributed by atoms with van der Waals surface area (Å²) in [6.45, 7) is 2.92. The standard InChI is InChI=1S/C13H17NO2/c1-3-4-9-8-14-13(15)12-7-10(16-2)5-6-11(9)12/h5-7,9H,3-4,8H2,1-2H3,(H,14,15). The second-order valence-electron chi connectivity index (χ2n) is 4.15. The van der Waals surface area contributed by atoms with Crippen LogP contribution in [0.4, 0.5) is 0 Å². The van der Waals surface area contributed by atoms with Crippen LogP contribution in [-0.4, -0.2) is 19.6 Å². The maximum Gasteiger partial charge on any atom is 0.251 e. The van der Waals surface area contributed by atoms with Gasteiger partial charge >= 0.3 is 0 Å². The summed E-state index contributed by atoms with van der Waals surface area (Å²) in [6.07, 6.45) is 2.24. The molecule has 16 heavy (non-hydrogen) atoms. The molecule has 1 heterocycles. The number of hydrogen-bond donors (Lipinski definition) is 1. The highest BCUT2D eigenvalue weighted by Gasteiger charge is 2.24. The van der Waals surface area contributed by atoms with E-state index < -0.39 is 0 Å². The number of amides is 1. The smallest absolute Gasteiger partial charge is 0.251 e. The molecule has 1 amide bonds. The van der Waals surface area contributed by atoms with E-state index in [4.69, 9.17) is 4.74 Å². The van der Waals surface area contributed by atoms with Gasteiger partial charge in [-0.05, 0) is 24.1 Å². The molecule has 0 bridgehead atoms. The predicted molar refractivity (Wildman–Crippen MR) is 63.0 cm³/mol. The van der Waals surface area contributed by atoms with Crippen molar-refractivity contribution in [3.8, 4) is 5.75 Å². The zero-order valence-corrected chi connectivity index (χ0v) is 9.75. The molecule has 1 unspecified atom stereocenters. The van der Waals surface area contributed by atoms with Crippen LogP contribution in [0.25, 0.3) is 0 Å². The van der Waals surface area contributed by atoms with Gasteiger partial charge in [-0.2, -0.15) is 0 Å². The van der Waals surface area contributed by atoms with Crippen LogP contribution in [0, 0.1) is 0 Å². The van der Waals surface area contributed by atoms with Crippen LogP contribution in [0.15, 0.2) is 18.2 Å². The molecule has 1 aromatic carbocycles. The van der Waals surface area contributed by atoms with Gasteiger partial charge in [0.1, 0.15) is 5.75 Å². The lowest BCUT2D eigenvalue weighted by atomic mass is 9.87. The quantitative estimate of drug-likeness (QED) is 0.847. The van der Waals surface area contributed by atoms with Crippen molar-refractivity contribution in [1.82, 2.24) is 5.32 Å². The lowest BCUT2D eigenvalue weighted by molar-refractivity contribution is 0.0939. The van der Waals surface area contributed by atoms with Crippen LogP contribution in [0.2, 0.25) is 0 Å². The molecule has 3 heteroatoms. The fourth-order valence-electron chi connectivity index (χ4n) is 2.24. The van der Waals surface area contributed by atoms with Gasteiger partial charge < -0.3 is 10.1 Å². The van der Waals surface area contributed by atoms with Gasteiger partial charge in [0.05, 0.1) is 7.11 Å². The third-order valence-corrected chi connectivity index (χ3v) is 3.09. The number of carbonyl (C=O) groups is 1. The lowest BCUT2D eigenvalue weighted by Crippen LogP contribution is -2.34. The summed E-state index contributed by atoms with van der Waals surface area (Å²) in [5.74, 6) is 1.20. The first-order chi connectivity index (χ1) is 7.76. The summed E-state index contributed by atoms with van der Waals surface area (Å²) in [5, 5.41) is 2.93. The van der Waals surface area contributed by atoms with Gasteiger partial charge in [-0.3, -0.25) is 4.79 Å². The summed E-state index contributed by atoms with van der Waals surface area (Å²) in [7, 11) is 1.62. The van der Waals surface area contributed by atoms with Crippen molar-refractivity contribution in [3.63, 3.8) is 0 Å². The van der Waals surface area contributed by atoms with E-state index >= 15 is 0 Å². The van der Waals surface area contributed by atoms with Gasteiger partial charge in [0.25, 0.3) is 5.91 Å². The van der Waals surface area contributed by atoms with Crippen molar-refractivity contribution in [2.45, 2.75) is 25.7 Å². The number of hydrogen-bond acceptors (Lipinski definition) is 2. The number of benzene rings is 1. The van der Waals surface area contributed by atoms with Gasteiger partial charge in [-0.1, -0.05) is 19.4 Å². The molecule has 0 aromatic heterocycles. The predicted octanol–water partition coefficient (Wildman–Crippen LogP) is 2.32. The monoisotopic (exact) mass is 219 g/mol. The zero-order chi connectivity index (χ0) is 11.5. The van der Waals surface area contributed by atoms with Crippen LogP contribution in [0.1, 0.15) is 41.6 Å². The molecule has 86 valence electrons.